The summed E-state index contributed by atoms with van der Waals surface area (Å²) >= 11 is 0. The maximum Gasteiger partial charge on any atom is 0.416 e. The maximum absolute atomic E-state index is 12.7. The summed E-state index contributed by atoms with van der Waals surface area (Å²) in [5, 5.41) is 0. The third-order valence-corrected chi connectivity index (χ3v) is 3.48. The van der Waals surface area contributed by atoms with Crippen LogP contribution in [0, 0.1) is 0 Å². The molecule has 2 nitrogen and oxygen atoms in total. The second-order valence-corrected chi connectivity index (χ2v) is 5.16. The largest absolute Gasteiger partial charge is 0.497 e. The van der Waals surface area contributed by atoms with E-state index in [0.717, 1.165) is 12.1 Å². The van der Waals surface area contributed by atoms with Crippen LogP contribution in [0.25, 0.3) is 5.57 Å². The quantitative estimate of drug-likeness (QED) is 0.419. The molecule has 0 amide bonds. The molecule has 0 spiro atoms. The number of alkyl halides is 4. The first-order valence-electron chi connectivity index (χ1n) is 7.38. The third-order valence-electron chi connectivity index (χ3n) is 3.48. The van der Waals surface area contributed by atoms with Crippen LogP contribution in [0.15, 0.2) is 53.8 Å². The van der Waals surface area contributed by atoms with Crippen molar-refractivity contribution >= 4 is 11.9 Å². The van der Waals surface area contributed by atoms with Gasteiger partial charge in [0.15, 0.2) is 0 Å². The first-order valence-corrected chi connectivity index (χ1v) is 7.38. The van der Waals surface area contributed by atoms with E-state index in [1.807, 2.05) is 0 Å². The fourth-order valence-corrected chi connectivity index (χ4v) is 2.23. The maximum atomic E-state index is 12.7. The summed E-state index contributed by atoms with van der Waals surface area (Å²) in [7, 11) is 0. The number of ether oxygens (including phenoxy) is 1. The molecule has 1 aliphatic rings. The average molecular weight is 340 g/mol. The second kappa shape index (κ2) is 7.95. The Morgan fingerprint density at radius 3 is 2.42 bits per heavy atom. The Labute approximate surface area is 137 Å². The van der Waals surface area contributed by atoms with Gasteiger partial charge in [0.05, 0.1) is 18.8 Å². The molecule has 0 N–H and O–H groups in total. The van der Waals surface area contributed by atoms with Crippen molar-refractivity contribution in [1.29, 1.82) is 0 Å². The fourth-order valence-electron chi connectivity index (χ4n) is 2.23. The van der Waals surface area contributed by atoms with Crippen molar-refractivity contribution in [3.63, 3.8) is 0 Å². The Morgan fingerprint density at radius 1 is 1.12 bits per heavy atom. The highest BCUT2D eigenvalue weighted by molar-refractivity contribution is 5.83. The van der Waals surface area contributed by atoms with Crippen LogP contribution in [-0.2, 0) is 15.7 Å². The molecule has 0 saturated carbocycles. The molecular weight excluding hydrogens is 324 g/mol. The second-order valence-electron chi connectivity index (χ2n) is 5.16. The van der Waals surface area contributed by atoms with Crippen molar-refractivity contribution in [3.8, 4) is 0 Å². The van der Waals surface area contributed by atoms with Gasteiger partial charge in [0.1, 0.15) is 12.0 Å². The number of hydrogen-bond acceptors (Lipinski definition) is 2. The Bertz CT molecular complexity index is 667. The number of allylic oxidation sites excluding steroid dienone is 5. The highest BCUT2D eigenvalue weighted by Gasteiger charge is 2.30. The molecule has 0 aliphatic heterocycles. The topological polar surface area (TPSA) is 26.3 Å². The van der Waals surface area contributed by atoms with Crippen molar-refractivity contribution in [2.45, 2.75) is 19.0 Å². The molecule has 0 unspecified atom stereocenters. The zero-order chi connectivity index (χ0) is 17.6. The van der Waals surface area contributed by atoms with E-state index in [4.69, 9.17) is 4.74 Å². The van der Waals surface area contributed by atoms with Crippen LogP contribution in [0.2, 0.25) is 0 Å². The minimum absolute atomic E-state index is 0.161. The third kappa shape index (κ3) is 4.57. The van der Waals surface area contributed by atoms with E-state index in [1.165, 1.54) is 12.1 Å². The lowest BCUT2D eigenvalue weighted by Gasteiger charge is -2.13. The van der Waals surface area contributed by atoms with Crippen LogP contribution in [0.1, 0.15) is 24.0 Å². The first-order chi connectivity index (χ1) is 11.5. The standard InChI is InChI=1S/C18H16F4O2/c19-10-1-11-24-17-9-3-13(12-23)2-8-16(17)14-4-6-15(7-5-14)18(20,21)22/h2-8,12H,1,9-11H2. The minimum atomic E-state index is -4.40. The van der Waals surface area contributed by atoms with E-state index in [-0.39, 0.29) is 13.0 Å². The van der Waals surface area contributed by atoms with Crippen molar-refractivity contribution in [1.82, 2.24) is 0 Å². The van der Waals surface area contributed by atoms with Crippen LogP contribution >= 0.6 is 0 Å². The molecule has 0 bridgehead atoms. The molecule has 24 heavy (non-hydrogen) atoms. The Kier molecular flexibility index (Phi) is 5.95. The number of benzene rings is 1. The van der Waals surface area contributed by atoms with Crippen LogP contribution in [-0.4, -0.2) is 19.6 Å². The van der Waals surface area contributed by atoms with Gasteiger partial charge in [0.25, 0.3) is 0 Å². The molecule has 0 aromatic heterocycles. The number of carbonyl (C=O) groups is 1. The van der Waals surface area contributed by atoms with Gasteiger partial charge in [-0.05, 0) is 17.7 Å². The highest BCUT2D eigenvalue weighted by Crippen LogP contribution is 2.32. The van der Waals surface area contributed by atoms with Crippen molar-refractivity contribution in [3.05, 3.63) is 65.0 Å². The van der Waals surface area contributed by atoms with Crippen LogP contribution in [0.5, 0.6) is 0 Å². The lowest BCUT2D eigenvalue weighted by molar-refractivity contribution is -0.137. The van der Waals surface area contributed by atoms with Crippen molar-refractivity contribution in [2.24, 2.45) is 0 Å². The van der Waals surface area contributed by atoms with Gasteiger partial charge >= 0.3 is 6.18 Å². The van der Waals surface area contributed by atoms with Gasteiger partial charge in [-0.2, -0.15) is 13.2 Å². The van der Waals surface area contributed by atoms with Crippen molar-refractivity contribution in [2.75, 3.05) is 13.3 Å². The van der Waals surface area contributed by atoms with Gasteiger partial charge in [-0.15, -0.1) is 0 Å². The number of hydrogen-bond donors (Lipinski definition) is 0. The van der Waals surface area contributed by atoms with Gasteiger partial charge in [-0.1, -0.05) is 30.4 Å². The molecule has 0 atom stereocenters. The fraction of sp³-hybridized carbons (Fsp3) is 0.278. The van der Waals surface area contributed by atoms with Gasteiger partial charge in [-0.25, -0.2) is 0 Å². The minimum Gasteiger partial charge on any atom is -0.497 e. The van der Waals surface area contributed by atoms with Gasteiger partial charge in [0.2, 0.25) is 0 Å². The van der Waals surface area contributed by atoms with E-state index < -0.39 is 18.4 Å². The van der Waals surface area contributed by atoms with Gasteiger partial charge in [0, 0.05) is 24.0 Å². The van der Waals surface area contributed by atoms with Gasteiger partial charge in [-0.3, -0.25) is 9.18 Å². The Hall–Kier alpha value is -2.37. The first kappa shape index (κ1) is 18.0. The summed E-state index contributed by atoms with van der Waals surface area (Å²) in [6.45, 7) is -0.359. The predicted octanol–water partition coefficient (Wildman–Crippen LogP) is 4.88. The molecule has 0 saturated heterocycles. The average Bonchev–Trinajstić information content (AvgIpc) is 2.77. The molecule has 0 heterocycles. The van der Waals surface area contributed by atoms with E-state index >= 15 is 0 Å². The monoisotopic (exact) mass is 340 g/mol. The normalized spacial score (nSPS) is 15.1. The predicted molar refractivity (Wildman–Crippen MR) is 82.8 cm³/mol. The van der Waals surface area contributed by atoms with Crippen molar-refractivity contribution < 1.29 is 27.1 Å². The summed E-state index contributed by atoms with van der Waals surface area (Å²) in [5.41, 5.74) is 0.824. The molecule has 2 rings (SSSR count). The van der Waals surface area contributed by atoms with E-state index in [1.54, 1.807) is 18.2 Å². The van der Waals surface area contributed by atoms with Crippen LogP contribution in [0.4, 0.5) is 17.6 Å². The van der Waals surface area contributed by atoms with Crippen LogP contribution < -0.4 is 0 Å². The smallest absolute Gasteiger partial charge is 0.416 e. The zero-order valence-electron chi connectivity index (χ0n) is 12.8. The summed E-state index contributed by atoms with van der Waals surface area (Å²) in [6.07, 6.45) is 1.67. The van der Waals surface area contributed by atoms with E-state index in [2.05, 4.69) is 0 Å². The summed E-state index contributed by atoms with van der Waals surface area (Å²) < 4.78 is 55.8. The van der Waals surface area contributed by atoms with Crippen LogP contribution in [0.3, 0.4) is 0 Å². The molecule has 1 aliphatic carbocycles. The Morgan fingerprint density at radius 2 is 1.83 bits per heavy atom. The molecular formula is C18H16F4O2. The van der Waals surface area contributed by atoms with Gasteiger partial charge < -0.3 is 4.74 Å². The molecule has 1 aromatic rings. The lowest BCUT2D eigenvalue weighted by Crippen LogP contribution is -2.04. The number of rotatable bonds is 6. The molecule has 0 fully saturated rings. The van der Waals surface area contributed by atoms with E-state index in [9.17, 15) is 22.4 Å². The number of halogens is 4. The SMILES string of the molecule is O=CC1=CCC(OCCCF)=C(c2ccc(C(F)(F)F)cc2)C=C1. The highest BCUT2D eigenvalue weighted by atomic mass is 19.4. The zero-order valence-corrected chi connectivity index (χ0v) is 12.8. The van der Waals surface area contributed by atoms with E-state index in [0.29, 0.717) is 35.2 Å². The Balaban J connectivity index is 2.34. The summed E-state index contributed by atoms with van der Waals surface area (Å²) in [6, 6.07) is 4.70. The molecule has 1 aromatic carbocycles. The molecule has 0 radical (unpaired) electrons. The summed E-state index contributed by atoms with van der Waals surface area (Å²) in [4.78, 5) is 10.9. The number of carbonyl (C=O) groups excluding carboxylic acids is 1. The molecule has 6 heteroatoms. The molecule has 128 valence electrons. The summed E-state index contributed by atoms with van der Waals surface area (Å²) in [5.74, 6) is 0.497. The lowest BCUT2D eigenvalue weighted by atomic mass is 10.0. The number of aldehydes is 1.